The number of pyridine rings is 1. The highest BCUT2D eigenvalue weighted by atomic mass is 32.1. The molecule has 0 aliphatic heterocycles. The number of nitrogens with one attached hydrogen (secondary N) is 1. The highest BCUT2D eigenvalue weighted by molar-refractivity contribution is 7.15. The van der Waals surface area contributed by atoms with E-state index in [0.29, 0.717) is 5.82 Å². The smallest absolute Gasteiger partial charge is 0.205 e. The minimum absolute atomic E-state index is 0.265. The van der Waals surface area contributed by atoms with E-state index in [2.05, 4.69) is 76.3 Å². The van der Waals surface area contributed by atoms with Gasteiger partial charge in [0.2, 0.25) is 5.82 Å². The van der Waals surface area contributed by atoms with Crippen molar-refractivity contribution in [2.75, 3.05) is 0 Å². The normalized spacial score (nSPS) is 15.5. The van der Waals surface area contributed by atoms with Crippen LogP contribution in [0, 0.1) is 13.8 Å². The lowest BCUT2D eigenvalue weighted by atomic mass is 10.0. The number of aromatic amines is 1. The summed E-state index contributed by atoms with van der Waals surface area (Å²) in [5, 5.41) is 14.7. The van der Waals surface area contributed by atoms with Crippen molar-refractivity contribution in [2.24, 2.45) is 0 Å². The maximum absolute atomic E-state index is 4.98. The van der Waals surface area contributed by atoms with E-state index < -0.39 is 0 Å². The van der Waals surface area contributed by atoms with E-state index in [0.717, 1.165) is 53.1 Å². The van der Waals surface area contributed by atoms with Gasteiger partial charge in [0.15, 0.2) is 5.65 Å². The van der Waals surface area contributed by atoms with Gasteiger partial charge < -0.3 is 4.57 Å². The number of aromatic nitrogens is 7. The van der Waals surface area contributed by atoms with Crippen LogP contribution in [-0.2, 0) is 12.8 Å². The van der Waals surface area contributed by atoms with Gasteiger partial charge in [-0.2, -0.15) is 5.21 Å². The molecular formula is C24H23N7S. The number of thiophene rings is 1. The largest absolute Gasteiger partial charge is 0.305 e. The van der Waals surface area contributed by atoms with Crippen LogP contribution in [-0.4, -0.2) is 35.2 Å². The van der Waals surface area contributed by atoms with Crippen LogP contribution in [0.4, 0.5) is 0 Å². The SMILES string of the molecule is CCc1nc2c(C)cc(C)nc2n1C1CCc2sc(-c3ccccc3-c3nn[nH]n3)cc21. The molecule has 4 heterocycles. The topological polar surface area (TPSA) is 85.2 Å². The number of aryl methyl sites for hydroxylation is 4. The average Bonchev–Trinajstić information content (AvgIpc) is 3.56. The number of H-pyrrole nitrogens is 1. The van der Waals surface area contributed by atoms with Crippen molar-refractivity contribution in [3.05, 3.63) is 63.9 Å². The van der Waals surface area contributed by atoms with Crippen molar-refractivity contribution in [3.8, 4) is 21.8 Å². The minimum Gasteiger partial charge on any atom is -0.305 e. The summed E-state index contributed by atoms with van der Waals surface area (Å²) in [5.41, 5.74) is 7.80. The second-order valence-electron chi connectivity index (χ2n) is 8.33. The van der Waals surface area contributed by atoms with E-state index in [4.69, 9.17) is 9.97 Å². The first kappa shape index (κ1) is 19.3. The molecule has 1 unspecified atom stereocenters. The predicted molar refractivity (Wildman–Crippen MR) is 126 cm³/mol. The molecule has 32 heavy (non-hydrogen) atoms. The van der Waals surface area contributed by atoms with Gasteiger partial charge in [-0.1, -0.05) is 31.2 Å². The first-order valence-corrected chi connectivity index (χ1v) is 11.8. The minimum atomic E-state index is 0.265. The standard InChI is InChI=1S/C24H23N7S/c1-4-21-26-22-13(2)11-14(3)25-24(22)31(21)18-9-10-19-17(18)12-20(32-19)15-7-5-6-8-16(15)23-27-29-30-28-23/h5-8,11-12,18H,4,9-10H2,1-3H3,(H,27,28,29,30). The molecule has 160 valence electrons. The average molecular weight is 442 g/mol. The highest BCUT2D eigenvalue weighted by Crippen LogP contribution is 2.46. The summed E-state index contributed by atoms with van der Waals surface area (Å²) in [6, 6.07) is 13.0. The molecule has 1 aliphatic rings. The van der Waals surface area contributed by atoms with Crippen molar-refractivity contribution in [1.82, 2.24) is 35.2 Å². The lowest BCUT2D eigenvalue weighted by Crippen LogP contribution is -2.11. The number of hydrogen-bond donors (Lipinski definition) is 1. The number of hydrogen-bond acceptors (Lipinski definition) is 6. The molecule has 8 heteroatoms. The Bertz CT molecular complexity index is 1450. The monoisotopic (exact) mass is 441 g/mol. The molecule has 1 N–H and O–H groups in total. The summed E-state index contributed by atoms with van der Waals surface area (Å²) in [5.74, 6) is 1.73. The lowest BCUT2D eigenvalue weighted by Gasteiger charge is -2.16. The molecule has 6 rings (SSSR count). The Morgan fingerprint density at radius 3 is 2.75 bits per heavy atom. The summed E-state index contributed by atoms with van der Waals surface area (Å²) in [4.78, 5) is 12.6. The molecule has 0 spiro atoms. The molecule has 1 aromatic carbocycles. The molecule has 0 saturated carbocycles. The van der Waals surface area contributed by atoms with Crippen molar-refractivity contribution in [1.29, 1.82) is 0 Å². The van der Waals surface area contributed by atoms with Crippen molar-refractivity contribution < 1.29 is 0 Å². The molecule has 1 atom stereocenters. The van der Waals surface area contributed by atoms with E-state index in [-0.39, 0.29) is 6.04 Å². The number of rotatable bonds is 4. The molecule has 0 amide bonds. The summed E-state index contributed by atoms with van der Waals surface area (Å²) in [6.45, 7) is 6.37. The zero-order valence-electron chi connectivity index (χ0n) is 18.3. The van der Waals surface area contributed by atoms with Gasteiger partial charge in [0.25, 0.3) is 0 Å². The van der Waals surface area contributed by atoms with Crippen LogP contribution in [0.1, 0.15) is 46.9 Å². The Hall–Kier alpha value is -3.39. The zero-order chi connectivity index (χ0) is 21.8. The molecule has 0 bridgehead atoms. The van der Waals surface area contributed by atoms with E-state index >= 15 is 0 Å². The Balaban J connectivity index is 1.49. The number of nitrogens with zero attached hydrogens (tertiary/aromatic N) is 6. The molecule has 0 saturated heterocycles. The number of tetrazole rings is 1. The second-order valence-corrected chi connectivity index (χ2v) is 9.47. The Morgan fingerprint density at radius 2 is 1.97 bits per heavy atom. The number of benzene rings is 1. The Kier molecular flexibility index (Phi) is 4.43. The fraction of sp³-hybridized carbons (Fsp3) is 0.292. The quantitative estimate of drug-likeness (QED) is 0.422. The van der Waals surface area contributed by atoms with Gasteiger partial charge in [-0.25, -0.2) is 9.97 Å². The molecule has 5 aromatic rings. The Morgan fingerprint density at radius 1 is 1.12 bits per heavy atom. The van der Waals surface area contributed by atoms with Crippen LogP contribution in [0.2, 0.25) is 0 Å². The first-order valence-electron chi connectivity index (χ1n) is 10.9. The van der Waals surface area contributed by atoms with Crippen LogP contribution < -0.4 is 0 Å². The van der Waals surface area contributed by atoms with Crippen molar-refractivity contribution in [2.45, 2.75) is 46.1 Å². The molecule has 1 aliphatic carbocycles. The van der Waals surface area contributed by atoms with Crippen LogP contribution >= 0.6 is 11.3 Å². The summed E-state index contributed by atoms with van der Waals surface area (Å²) >= 11 is 1.87. The third-order valence-electron chi connectivity index (χ3n) is 6.29. The molecular weight excluding hydrogens is 418 g/mol. The van der Waals surface area contributed by atoms with Gasteiger partial charge in [-0.15, -0.1) is 21.5 Å². The molecule has 4 aromatic heterocycles. The van der Waals surface area contributed by atoms with Crippen LogP contribution in [0.25, 0.3) is 33.0 Å². The van der Waals surface area contributed by atoms with Gasteiger partial charge in [0, 0.05) is 33.0 Å². The van der Waals surface area contributed by atoms with E-state index in [9.17, 15) is 0 Å². The second kappa shape index (κ2) is 7.34. The first-order chi connectivity index (χ1) is 15.6. The molecule has 0 fully saturated rings. The van der Waals surface area contributed by atoms with Crippen LogP contribution in [0.5, 0.6) is 0 Å². The highest BCUT2D eigenvalue weighted by Gasteiger charge is 2.31. The maximum Gasteiger partial charge on any atom is 0.205 e. The van der Waals surface area contributed by atoms with Crippen LogP contribution in [0.15, 0.2) is 36.4 Å². The predicted octanol–water partition coefficient (Wildman–Crippen LogP) is 5.05. The Labute approximate surface area is 189 Å². The fourth-order valence-corrected chi connectivity index (χ4v) is 6.18. The number of imidazole rings is 1. The van der Waals surface area contributed by atoms with Gasteiger partial charge in [-0.05, 0) is 55.2 Å². The number of fused-ring (bicyclic) bond motifs is 2. The van der Waals surface area contributed by atoms with Gasteiger partial charge in [0.05, 0.1) is 6.04 Å². The third kappa shape index (κ3) is 2.90. The zero-order valence-corrected chi connectivity index (χ0v) is 19.1. The summed E-state index contributed by atoms with van der Waals surface area (Å²) < 4.78 is 2.39. The molecule has 7 nitrogen and oxygen atoms in total. The molecule has 0 radical (unpaired) electrons. The van der Waals surface area contributed by atoms with Crippen molar-refractivity contribution >= 4 is 22.5 Å². The van der Waals surface area contributed by atoms with Gasteiger partial charge in [0.1, 0.15) is 11.3 Å². The lowest BCUT2D eigenvalue weighted by molar-refractivity contribution is 0.566. The maximum atomic E-state index is 4.98. The van der Waals surface area contributed by atoms with E-state index in [1.54, 1.807) is 0 Å². The van der Waals surface area contributed by atoms with E-state index in [1.807, 2.05) is 17.4 Å². The third-order valence-corrected chi connectivity index (χ3v) is 7.54. The van der Waals surface area contributed by atoms with Gasteiger partial charge in [-0.3, -0.25) is 0 Å². The summed E-state index contributed by atoms with van der Waals surface area (Å²) in [6.07, 6.45) is 3.04. The van der Waals surface area contributed by atoms with Crippen LogP contribution in [0.3, 0.4) is 0 Å². The van der Waals surface area contributed by atoms with Gasteiger partial charge >= 0.3 is 0 Å². The van der Waals surface area contributed by atoms with E-state index in [1.165, 1.54) is 20.9 Å². The summed E-state index contributed by atoms with van der Waals surface area (Å²) in [7, 11) is 0. The fourth-order valence-electron chi connectivity index (χ4n) is 4.91. The van der Waals surface area contributed by atoms with Crippen molar-refractivity contribution in [3.63, 3.8) is 0 Å².